The Morgan fingerprint density at radius 3 is 2.70 bits per heavy atom. The van der Waals surface area contributed by atoms with Gasteiger partial charge in [0, 0.05) is 30.8 Å². The van der Waals surface area contributed by atoms with E-state index in [9.17, 15) is 0 Å². The fraction of sp³-hybridized carbons (Fsp3) is 0.533. The Labute approximate surface area is 125 Å². The highest BCUT2D eigenvalue weighted by Gasteiger charge is 2.14. The number of anilines is 1. The minimum absolute atomic E-state index is 0.124. The first kappa shape index (κ1) is 16.9. The van der Waals surface area contributed by atoms with Crippen molar-refractivity contribution in [3.8, 4) is 0 Å². The summed E-state index contributed by atoms with van der Waals surface area (Å²) in [4.78, 5) is 3.22. The molecule has 0 radical (unpaired) electrons. The standard InChI is InChI=1S/C15H25N3OS/c1-3-20-13-9-7-8-12(14(13)15(16)17)18(2)10-5-4-6-11-19/h7-9,19H,3-6,10-11H2,1-2H3,(H3,16,17). The third kappa shape index (κ3) is 4.72. The van der Waals surface area contributed by atoms with Crippen LogP contribution in [0.15, 0.2) is 23.1 Å². The lowest BCUT2D eigenvalue weighted by Crippen LogP contribution is -2.24. The predicted molar refractivity (Wildman–Crippen MR) is 88.1 cm³/mol. The highest BCUT2D eigenvalue weighted by Crippen LogP contribution is 2.30. The number of nitrogens with one attached hydrogen (secondary N) is 1. The average Bonchev–Trinajstić information content (AvgIpc) is 2.43. The fourth-order valence-corrected chi connectivity index (χ4v) is 2.99. The van der Waals surface area contributed by atoms with Crippen molar-refractivity contribution in [3.05, 3.63) is 23.8 Å². The van der Waals surface area contributed by atoms with Crippen LogP contribution in [0.5, 0.6) is 0 Å². The average molecular weight is 295 g/mol. The topological polar surface area (TPSA) is 73.3 Å². The van der Waals surface area contributed by atoms with Gasteiger partial charge in [-0.3, -0.25) is 5.41 Å². The van der Waals surface area contributed by atoms with Crippen LogP contribution in [0.2, 0.25) is 0 Å². The number of unbranched alkanes of at least 4 members (excludes halogenated alkanes) is 2. The van der Waals surface area contributed by atoms with E-state index < -0.39 is 0 Å². The van der Waals surface area contributed by atoms with E-state index in [-0.39, 0.29) is 12.4 Å². The first-order chi connectivity index (χ1) is 9.61. The van der Waals surface area contributed by atoms with Gasteiger partial charge in [-0.25, -0.2) is 0 Å². The fourth-order valence-electron chi connectivity index (χ4n) is 2.14. The zero-order valence-corrected chi connectivity index (χ0v) is 13.2. The quantitative estimate of drug-likeness (QED) is 0.283. The summed E-state index contributed by atoms with van der Waals surface area (Å²) in [5.41, 5.74) is 7.62. The molecule has 1 aromatic rings. The molecule has 1 rings (SSSR count). The smallest absolute Gasteiger partial charge is 0.126 e. The molecule has 0 aliphatic rings. The maximum absolute atomic E-state index is 8.80. The SMILES string of the molecule is CCSc1cccc(N(C)CCCCCO)c1C(=N)N. The zero-order chi connectivity index (χ0) is 15.0. The molecule has 0 aliphatic carbocycles. The summed E-state index contributed by atoms with van der Waals surface area (Å²) < 4.78 is 0. The molecule has 4 nitrogen and oxygen atoms in total. The summed E-state index contributed by atoms with van der Waals surface area (Å²) >= 11 is 1.71. The highest BCUT2D eigenvalue weighted by atomic mass is 32.2. The van der Waals surface area contributed by atoms with Gasteiger partial charge in [0.2, 0.25) is 0 Å². The van der Waals surface area contributed by atoms with Crippen LogP contribution in [0.1, 0.15) is 31.7 Å². The van der Waals surface area contributed by atoms with Gasteiger partial charge >= 0.3 is 0 Å². The Balaban J connectivity index is 2.87. The third-order valence-corrected chi connectivity index (χ3v) is 4.08. The number of amidine groups is 1. The maximum atomic E-state index is 8.80. The van der Waals surface area contributed by atoms with E-state index in [1.807, 2.05) is 25.2 Å². The monoisotopic (exact) mass is 295 g/mol. The molecule has 4 N–H and O–H groups in total. The van der Waals surface area contributed by atoms with Crippen LogP contribution in [-0.4, -0.2) is 36.9 Å². The van der Waals surface area contributed by atoms with E-state index in [1.54, 1.807) is 11.8 Å². The van der Waals surface area contributed by atoms with Crippen molar-refractivity contribution < 1.29 is 5.11 Å². The van der Waals surface area contributed by atoms with E-state index in [4.69, 9.17) is 16.2 Å². The number of benzene rings is 1. The molecule has 0 atom stereocenters. The molecule has 112 valence electrons. The number of nitrogens with zero attached hydrogens (tertiary/aromatic N) is 1. The van der Waals surface area contributed by atoms with E-state index >= 15 is 0 Å². The maximum Gasteiger partial charge on any atom is 0.126 e. The summed E-state index contributed by atoms with van der Waals surface area (Å²) in [7, 11) is 2.03. The molecule has 0 spiro atoms. The van der Waals surface area contributed by atoms with Gasteiger partial charge in [-0.1, -0.05) is 13.0 Å². The Kier molecular flexibility index (Phi) is 7.47. The highest BCUT2D eigenvalue weighted by molar-refractivity contribution is 7.99. The summed E-state index contributed by atoms with van der Waals surface area (Å²) in [5, 5.41) is 16.6. The van der Waals surface area contributed by atoms with Crippen LogP contribution >= 0.6 is 11.8 Å². The molecular formula is C15H25N3OS. The number of nitrogen functional groups attached to an aromatic ring is 1. The molecule has 0 aromatic heterocycles. The van der Waals surface area contributed by atoms with Gasteiger partial charge in [-0.05, 0) is 37.1 Å². The minimum atomic E-state index is 0.124. The van der Waals surface area contributed by atoms with Crippen molar-refractivity contribution in [3.63, 3.8) is 0 Å². The molecule has 0 unspecified atom stereocenters. The van der Waals surface area contributed by atoms with Crippen molar-refractivity contribution in [2.75, 3.05) is 30.9 Å². The van der Waals surface area contributed by atoms with E-state index in [0.29, 0.717) is 0 Å². The predicted octanol–water partition coefficient (Wildman–Crippen LogP) is 2.68. The summed E-state index contributed by atoms with van der Waals surface area (Å²) in [5.74, 6) is 1.09. The molecule has 0 heterocycles. The molecule has 20 heavy (non-hydrogen) atoms. The van der Waals surface area contributed by atoms with Gasteiger partial charge in [0.15, 0.2) is 0 Å². The number of aliphatic hydroxyl groups is 1. The van der Waals surface area contributed by atoms with Crippen molar-refractivity contribution in [1.82, 2.24) is 0 Å². The molecule has 0 saturated heterocycles. The molecule has 5 heteroatoms. The van der Waals surface area contributed by atoms with Gasteiger partial charge in [0.05, 0.1) is 5.56 Å². The van der Waals surface area contributed by atoms with Crippen molar-refractivity contribution in [1.29, 1.82) is 5.41 Å². The van der Waals surface area contributed by atoms with Crippen molar-refractivity contribution >= 4 is 23.3 Å². The Morgan fingerprint density at radius 2 is 2.10 bits per heavy atom. The number of nitrogens with two attached hydrogens (primary N) is 1. The van der Waals surface area contributed by atoms with E-state index in [0.717, 1.165) is 47.7 Å². The van der Waals surface area contributed by atoms with E-state index in [2.05, 4.69) is 11.8 Å². The van der Waals surface area contributed by atoms with Gasteiger partial charge in [-0.2, -0.15) is 0 Å². The molecule has 0 saturated carbocycles. The van der Waals surface area contributed by atoms with Gasteiger partial charge in [0.25, 0.3) is 0 Å². The number of rotatable bonds is 9. The van der Waals surface area contributed by atoms with Crippen LogP contribution in [-0.2, 0) is 0 Å². The molecule has 0 fully saturated rings. The first-order valence-corrected chi connectivity index (χ1v) is 8.02. The molecule has 0 aliphatic heterocycles. The lowest BCUT2D eigenvalue weighted by atomic mass is 10.1. The molecule has 1 aromatic carbocycles. The summed E-state index contributed by atoms with van der Waals surface area (Å²) in [6.45, 7) is 3.26. The second-order valence-electron chi connectivity index (χ2n) is 4.70. The number of hydrogen-bond acceptors (Lipinski definition) is 4. The largest absolute Gasteiger partial charge is 0.396 e. The lowest BCUT2D eigenvalue weighted by molar-refractivity contribution is 0.283. The minimum Gasteiger partial charge on any atom is -0.396 e. The molecular weight excluding hydrogens is 270 g/mol. The van der Waals surface area contributed by atoms with Crippen LogP contribution in [0.4, 0.5) is 5.69 Å². The number of aliphatic hydroxyl groups excluding tert-OH is 1. The lowest BCUT2D eigenvalue weighted by Gasteiger charge is -2.23. The second-order valence-corrected chi connectivity index (χ2v) is 6.01. The zero-order valence-electron chi connectivity index (χ0n) is 12.4. The molecule has 0 bridgehead atoms. The Hall–Kier alpha value is -1.20. The van der Waals surface area contributed by atoms with Crippen molar-refractivity contribution in [2.45, 2.75) is 31.1 Å². The molecule has 0 amide bonds. The number of thioether (sulfide) groups is 1. The summed E-state index contributed by atoms with van der Waals surface area (Å²) in [6.07, 6.45) is 2.89. The van der Waals surface area contributed by atoms with Crippen LogP contribution in [0.3, 0.4) is 0 Å². The first-order valence-electron chi connectivity index (χ1n) is 7.04. The van der Waals surface area contributed by atoms with Crippen LogP contribution in [0, 0.1) is 5.41 Å². The third-order valence-electron chi connectivity index (χ3n) is 3.14. The van der Waals surface area contributed by atoms with Crippen molar-refractivity contribution in [2.24, 2.45) is 5.73 Å². The van der Waals surface area contributed by atoms with Gasteiger partial charge in [-0.15, -0.1) is 11.8 Å². The Bertz CT molecular complexity index is 437. The van der Waals surface area contributed by atoms with E-state index in [1.165, 1.54) is 0 Å². The van der Waals surface area contributed by atoms with Gasteiger partial charge < -0.3 is 15.7 Å². The summed E-state index contributed by atoms with van der Waals surface area (Å²) in [6, 6.07) is 6.06. The Morgan fingerprint density at radius 1 is 1.35 bits per heavy atom. The van der Waals surface area contributed by atoms with Crippen LogP contribution < -0.4 is 10.6 Å². The van der Waals surface area contributed by atoms with Crippen LogP contribution in [0.25, 0.3) is 0 Å². The normalized spacial score (nSPS) is 10.6. The second kappa shape index (κ2) is 8.87. The number of hydrogen-bond donors (Lipinski definition) is 3. The van der Waals surface area contributed by atoms with Gasteiger partial charge in [0.1, 0.15) is 5.84 Å².